The van der Waals surface area contributed by atoms with Crippen LogP contribution in [-0.4, -0.2) is 66.3 Å². The average Bonchev–Trinajstić information content (AvgIpc) is 2.73. The molecule has 0 radical (unpaired) electrons. The molecule has 3 rings (SSSR count). The van der Waals surface area contributed by atoms with Gasteiger partial charge in [0.05, 0.1) is 6.54 Å². The molecule has 0 saturated carbocycles. The second-order valence-electron chi connectivity index (χ2n) is 7.15. The molecule has 1 saturated heterocycles. The van der Waals surface area contributed by atoms with Gasteiger partial charge in [-0.1, -0.05) is 18.2 Å². The van der Waals surface area contributed by atoms with E-state index in [0.29, 0.717) is 17.8 Å². The monoisotopic (exact) mass is 415 g/mol. The minimum atomic E-state index is -0.249. The normalized spacial score (nSPS) is 14.1. The van der Waals surface area contributed by atoms with Gasteiger partial charge in [-0.25, -0.2) is 4.39 Å². The highest BCUT2D eigenvalue weighted by Gasteiger charge is 2.18. The van der Waals surface area contributed by atoms with Crippen molar-refractivity contribution in [1.29, 1.82) is 0 Å². The van der Waals surface area contributed by atoms with E-state index in [0.717, 1.165) is 36.6 Å². The molecule has 5 nitrogen and oxygen atoms in total. The predicted molar refractivity (Wildman–Crippen MR) is 116 cm³/mol. The number of carbonyl (C=O) groups is 2. The Bertz CT molecular complexity index is 838. The predicted octanol–water partition coefficient (Wildman–Crippen LogP) is 3.13. The largest absolute Gasteiger partial charge is 0.337 e. The zero-order valence-electron chi connectivity index (χ0n) is 16.6. The smallest absolute Gasteiger partial charge is 0.253 e. The second-order valence-corrected chi connectivity index (χ2v) is 8.37. The summed E-state index contributed by atoms with van der Waals surface area (Å²) in [6.07, 6.45) is 0.738. The van der Waals surface area contributed by atoms with Crippen molar-refractivity contribution in [3.63, 3.8) is 0 Å². The summed E-state index contributed by atoms with van der Waals surface area (Å²) in [4.78, 5) is 28.8. The van der Waals surface area contributed by atoms with Crippen LogP contribution in [0.1, 0.15) is 15.9 Å². The summed E-state index contributed by atoms with van der Waals surface area (Å²) in [7, 11) is 1.87. The van der Waals surface area contributed by atoms with E-state index in [1.165, 1.54) is 12.1 Å². The fraction of sp³-hybridized carbons (Fsp3) is 0.364. The van der Waals surface area contributed by atoms with E-state index in [9.17, 15) is 14.0 Å². The maximum absolute atomic E-state index is 13.0. The molecule has 29 heavy (non-hydrogen) atoms. The maximum Gasteiger partial charge on any atom is 0.253 e. The van der Waals surface area contributed by atoms with Crippen LogP contribution in [0.5, 0.6) is 0 Å². The van der Waals surface area contributed by atoms with Gasteiger partial charge in [0.25, 0.3) is 5.91 Å². The summed E-state index contributed by atoms with van der Waals surface area (Å²) in [5, 5.41) is 2.87. The fourth-order valence-electron chi connectivity index (χ4n) is 3.17. The van der Waals surface area contributed by atoms with Crippen LogP contribution in [0.25, 0.3) is 0 Å². The zero-order chi connectivity index (χ0) is 20.6. The molecule has 2 aromatic rings. The highest BCUT2D eigenvalue weighted by molar-refractivity contribution is 7.99. The van der Waals surface area contributed by atoms with Crippen molar-refractivity contribution in [2.24, 2.45) is 0 Å². The lowest BCUT2D eigenvalue weighted by Gasteiger charge is -2.26. The Kier molecular flexibility index (Phi) is 7.66. The molecule has 1 aliphatic rings. The van der Waals surface area contributed by atoms with E-state index in [1.807, 2.05) is 28.6 Å². The van der Waals surface area contributed by atoms with Gasteiger partial charge in [0.15, 0.2) is 0 Å². The third-order valence-corrected chi connectivity index (χ3v) is 5.74. The van der Waals surface area contributed by atoms with Crippen LogP contribution in [0.4, 0.5) is 10.1 Å². The first-order valence-electron chi connectivity index (χ1n) is 9.71. The number of nitrogens with zero attached hydrogens (tertiary/aromatic N) is 2. The van der Waals surface area contributed by atoms with E-state index in [1.54, 1.807) is 36.4 Å². The van der Waals surface area contributed by atoms with Crippen molar-refractivity contribution in [2.75, 3.05) is 50.0 Å². The van der Waals surface area contributed by atoms with Gasteiger partial charge < -0.3 is 10.2 Å². The molecule has 0 spiro atoms. The highest BCUT2D eigenvalue weighted by atomic mass is 32.2. The van der Waals surface area contributed by atoms with Crippen LogP contribution in [0.2, 0.25) is 0 Å². The van der Waals surface area contributed by atoms with Crippen molar-refractivity contribution in [3.05, 3.63) is 65.5 Å². The molecule has 154 valence electrons. The van der Waals surface area contributed by atoms with E-state index >= 15 is 0 Å². The molecule has 1 aliphatic heterocycles. The molecule has 0 aliphatic carbocycles. The van der Waals surface area contributed by atoms with Gasteiger partial charge in [-0.15, -0.1) is 0 Å². The molecular formula is C22H26FN3O2S. The number of likely N-dealkylation sites (N-methyl/N-ethyl adjacent to an activating group) is 1. The topological polar surface area (TPSA) is 52.7 Å². The molecule has 0 bridgehead atoms. The SMILES string of the molecule is CN(CCc1ccc(F)cc1)CC(=O)Nc1cccc(C(=O)N2CCSCC2)c1. The van der Waals surface area contributed by atoms with Crippen molar-refractivity contribution >= 4 is 29.3 Å². The zero-order valence-corrected chi connectivity index (χ0v) is 17.4. The standard InChI is InChI=1S/C22H26FN3O2S/c1-25(10-9-17-5-7-19(23)8-6-17)16-21(27)24-20-4-2-3-18(15-20)22(28)26-11-13-29-14-12-26/h2-8,15H,9-14,16H2,1H3,(H,24,27). The first kappa shape index (κ1) is 21.3. The number of rotatable bonds is 7. The van der Waals surface area contributed by atoms with Crippen LogP contribution in [0.15, 0.2) is 48.5 Å². The lowest BCUT2D eigenvalue weighted by Crippen LogP contribution is -2.37. The number of anilines is 1. The summed E-state index contributed by atoms with van der Waals surface area (Å²) in [6, 6.07) is 13.5. The van der Waals surface area contributed by atoms with Gasteiger partial charge in [-0.05, 0) is 49.4 Å². The first-order valence-corrected chi connectivity index (χ1v) is 10.9. The molecule has 0 aromatic heterocycles. The van der Waals surface area contributed by atoms with Crippen LogP contribution in [-0.2, 0) is 11.2 Å². The van der Waals surface area contributed by atoms with Crippen molar-refractivity contribution < 1.29 is 14.0 Å². The Labute approximate surface area is 175 Å². The van der Waals surface area contributed by atoms with Crippen LogP contribution >= 0.6 is 11.8 Å². The second kappa shape index (κ2) is 10.4. The Morgan fingerprint density at radius 1 is 1.14 bits per heavy atom. The number of carbonyl (C=O) groups excluding carboxylic acids is 2. The molecule has 0 atom stereocenters. The van der Waals surface area contributed by atoms with Crippen LogP contribution in [0.3, 0.4) is 0 Å². The third-order valence-electron chi connectivity index (χ3n) is 4.80. The summed E-state index contributed by atoms with van der Waals surface area (Å²) in [6.45, 7) is 2.45. The van der Waals surface area contributed by atoms with Gasteiger partial charge in [-0.2, -0.15) is 11.8 Å². The van der Waals surface area contributed by atoms with E-state index in [4.69, 9.17) is 0 Å². The minimum Gasteiger partial charge on any atom is -0.337 e. The Morgan fingerprint density at radius 3 is 2.59 bits per heavy atom. The summed E-state index contributed by atoms with van der Waals surface area (Å²) in [5.41, 5.74) is 2.25. The first-order chi connectivity index (χ1) is 14.0. The highest BCUT2D eigenvalue weighted by Crippen LogP contribution is 2.16. The summed E-state index contributed by atoms with van der Waals surface area (Å²) >= 11 is 1.86. The number of benzene rings is 2. The van der Waals surface area contributed by atoms with Gasteiger partial charge >= 0.3 is 0 Å². The van der Waals surface area contributed by atoms with E-state index in [-0.39, 0.29) is 24.2 Å². The maximum atomic E-state index is 13.0. The summed E-state index contributed by atoms with van der Waals surface area (Å²) in [5.74, 6) is 1.56. The molecular weight excluding hydrogens is 389 g/mol. The summed E-state index contributed by atoms with van der Waals surface area (Å²) < 4.78 is 13.0. The van der Waals surface area contributed by atoms with E-state index in [2.05, 4.69) is 5.32 Å². The number of hydrogen-bond donors (Lipinski definition) is 1. The van der Waals surface area contributed by atoms with Crippen molar-refractivity contribution in [2.45, 2.75) is 6.42 Å². The van der Waals surface area contributed by atoms with Gasteiger partial charge in [0, 0.05) is 42.4 Å². The molecule has 7 heteroatoms. The number of amides is 2. The quantitative estimate of drug-likeness (QED) is 0.755. The molecule has 1 N–H and O–H groups in total. The Balaban J connectivity index is 1.49. The fourth-order valence-corrected chi connectivity index (χ4v) is 4.08. The van der Waals surface area contributed by atoms with Crippen molar-refractivity contribution in [3.8, 4) is 0 Å². The Morgan fingerprint density at radius 2 is 1.86 bits per heavy atom. The van der Waals surface area contributed by atoms with Crippen LogP contribution < -0.4 is 5.32 Å². The number of nitrogens with one attached hydrogen (secondary N) is 1. The van der Waals surface area contributed by atoms with Crippen LogP contribution in [0, 0.1) is 5.82 Å². The lowest BCUT2D eigenvalue weighted by molar-refractivity contribution is -0.117. The minimum absolute atomic E-state index is 0.0119. The number of halogens is 1. The molecule has 1 heterocycles. The molecule has 1 fully saturated rings. The average molecular weight is 416 g/mol. The molecule has 2 aromatic carbocycles. The molecule has 0 unspecified atom stereocenters. The number of thioether (sulfide) groups is 1. The van der Waals surface area contributed by atoms with Gasteiger partial charge in [0.2, 0.25) is 5.91 Å². The van der Waals surface area contributed by atoms with Crippen molar-refractivity contribution in [1.82, 2.24) is 9.80 Å². The Hall–Kier alpha value is -2.38. The number of hydrogen-bond acceptors (Lipinski definition) is 4. The van der Waals surface area contributed by atoms with Gasteiger partial charge in [-0.3, -0.25) is 14.5 Å². The third kappa shape index (κ3) is 6.58. The van der Waals surface area contributed by atoms with Gasteiger partial charge in [0.1, 0.15) is 5.82 Å². The van der Waals surface area contributed by atoms with E-state index < -0.39 is 0 Å². The molecule has 2 amide bonds. The lowest BCUT2D eigenvalue weighted by atomic mass is 10.1.